The number of nitrogens with zero attached hydrogens (tertiary/aromatic N) is 1. The number of benzene rings is 2. The van der Waals surface area contributed by atoms with E-state index < -0.39 is 6.10 Å². The lowest BCUT2D eigenvalue weighted by Gasteiger charge is -2.18. The zero-order valence-electron chi connectivity index (χ0n) is 15.1. The molecule has 2 N–H and O–H groups in total. The van der Waals surface area contributed by atoms with Gasteiger partial charge in [0.2, 0.25) is 5.91 Å². The number of aliphatic hydroxyl groups is 1. The van der Waals surface area contributed by atoms with Crippen LogP contribution in [0.15, 0.2) is 54.6 Å². The first-order valence-electron chi connectivity index (χ1n) is 8.92. The first-order valence-corrected chi connectivity index (χ1v) is 8.92. The van der Waals surface area contributed by atoms with E-state index in [2.05, 4.69) is 36.2 Å². The van der Waals surface area contributed by atoms with Crippen molar-refractivity contribution < 1.29 is 9.90 Å². The number of hydrogen-bond acceptors (Lipinski definition) is 3. The maximum atomic E-state index is 12.1. The van der Waals surface area contributed by atoms with Crippen LogP contribution in [0.4, 0.5) is 0 Å². The number of nitrogens with one attached hydrogen (secondary N) is 1. The molecule has 1 amide bonds. The van der Waals surface area contributed by atoms with Crippen molar-refractivity contribution in [1.29, 1.82) is 0 Å². The SMILES string of the molecule is CCN(CC)Cc1cccc(CNC(=O)[C@@H](O)Cc2ccccc2)c1. The second-order valence-electron chi connectivity index (χ2n) is 6.20. The largest absolute Gasteiger partial charge is 0.383 e. The summed E-state index contributed by atoms with van der Waals surface area (Å²) < 4.78 is 0. The molecule has 25 heavy (non-hydrogen) atoms. The molecule has 0 saturated carbocycles. The van der Waals surface area contributed by atoms with E-state index in [0.717, 1.165) is 30.8 Å². The number of carbonyl (C=O) groups is 1. The van der Waals surface area contributed by atoms with Crippen molar-refractivity contribution in [2.24, 2.45) is 0 Å². The molecule has 4 heteroatoms. The average molecular weight is 340 g/mol. The zero-order chi connectivity index (χ0) is 18.1. The fraction of sp³-hybridized carbons (Fsp3) is 0.381. The van der Waals surface area contributed by atoms with Gasteiger partial charge in [-0.05, 0) is 29.8 Å². The Balaban J connectivity index is 1.86. The Bertz CT molecular complexity index is 654. The molecule has 0 aromatic heterocycles. The Morgan fingerprint density at radius 3 is 2.32 bits per heavy atom. The summed E-state index contributed by atoms with van der Waals surface area (Å²) in [4.78, 5) is 14.5. The molecule has 0 aliphatic carbocycles. The van der Waals surface area contributed by atoms with Crippen molar-refractivity contribution in [3.63, 3.8) is 0 Å². The highest BCUT2D eigenvalue weighted by molar-refractivity contribution is 5.80. The molecule has 0 saturated heterocycles. The van der Waals surface area contributed by atoms with Crippen LogP contribution in [-0.2, 0) is 24.3 Å². The van der Waals surface area contributed by atoms with Gasteiger partial charge in [0, 0.05) is 19.5 Å². The Morgan fingerprint density at radius 1 is 1.00 bits per heavy atom. The van der Waals surface area contributed by atoms with E-state index in [9.17, 15) is 9.90 Å². The first kappa shape index (κ1) is 19.2. The highest BCUT2D eigenvalue weighted by Gasteiger charge is 2.15. The lowest BCUT2D eigenvalue weighted by Crippen LogP contribution is -2.35. The van der Waals surface area contributed by atoms with Gasteiger partial charge in [-0.2, -0.15) is 0 Å². The third-order valence-electron chi connectivity index (χ3n) is 4.33. The van der Waals surface area contributed by atoms with Gasteiger partial charge in [-0.15, -0.1) is 0 Å². The quantitative estimate of drug-likeness (QED) is 0.738. The monoisotopic (exact) mass is 340 g/mol. The van der Waals surface area contributed by atoms with E-state index in [1.54, 1.807) is 0 Å². The third-order valence-corrected chi connectivity index (χ3v) is 4.33. The van der Waals surface area contributed by atoms with Crippen LogP contribution >= 0.6 is 0 Å². The van der Waals surface area contributed by atoms with Gasteiger partial charge in [0.1, 0.15) is 6.10 Å². The predicted octanol–water partition coefficient (Wildman–Crippen LogP) is 2.75. The molecular formula is C21H28N2O2. The normalized spacial score (nSPS) is 12.2. The maximum absolute atomic E-state index is 12.1. The molecule has 134 valence electrons. The minimum absolute atomic E-state index is 0.328. The zero-order valence-corrected chi connectivity index (χ0v) is 15.1. The average Bonchev–Trinajstić information content (AvgIpc) is 2.65. The van der Waals surface area contributed by atoms with Crippen LogP contribution in [-0.4, -0.2) is 35.1 Å². The fourth-order valence-electron chi connectivity index (χ4n) is 2.78. The molecular weight excluding hydrogens is 312 g/mol. The highest BCUT2D eigenvalue weighted by Crippen LogP contribution is 2.09. The predicted molar refractivity (Wildman–Crippen MR) is 101 cm³/mol. The summed E-state index contributed by atoms with van der Waals surface area (Å²) in [6.45, 7) is 7.68. The molecule has 0 unspecified atom stereocenters. The van der Waals surface area contributed by atoms with Gasteiger partial charge in [-0.3, -0.25) is 9.69 Å². The van der Waals surface area contributed by atoms with Crippen LogP contribution in [0.2, 0.25) is 0 Å². The van der Waals surface area contributed by atoms with Crippen LogP contribution < -0.4 is 5.32 Å². The van der Waals surface area contributed by atoms with Crippen LogP contribution in [0.1, 0.15) is 30.5 Å². The van der Waals surface area contributed by atoms with E-state index in [0.29, 0.717) is 13.0 Å². The standard InChI is InChI=1S/C21H28N2O2/c1-3-23(4-2)16-19-12-8-11-18(13-19)15-22-21(25)20(24)14-17-9-6-5-7-10-17/h5-13,20,24H,3-4,14-16H2,1-2H3,(H,22,25)/t20-/m0/s1. The molecule has 1 atom stereocenters. The molecule has 0 spiro atoms. The Labute approximate surface area is 150 Å². The van der Waals surface area contributed by atoms with Crippen molar-refractivity contribution >= 4 is 5.91 Å². The minimum Gasteiger partial charge on any atom is -0.383 e. The van der Waals surface area contributed by atoms with Crippen molar-refractivity contribution in [3.8, 4) is 0 Å². The molecule has 2 aromatic rings. The van der Waals surface area contributed by atoms with Gasteiger partial charge in [-0.25, -0.2) is 0 Å². The van der Waals surface area contributed by atoms with Gasteiger partial charge >= 0.3 is 0 Å². The van der Waals surface area contributed by atoms with E-state index in [1.165, 1.54) is 5.56 Å². The molecule has 0 radical (unpaired) electrons. The van der Waals surface area contributed by atoms with Gasteiger partial charge in [0.15, 0.2) is 0 Å². The summed E-state index contributed by atoms with van der Waals surface area (Å²) in [6, 6.07) is 17.8. The van der Waals surface area contributed by atoms with Crippen LogP contribution in [0.3, 0.4) is 0 Å². The molecule has 0 fully saturated rings. The highest BCUT2D eigenvalue weighted by atomic mass is 16.3. The number of rotatable bonds is 9. The van der Waals surface area contributed by atoms with E-state index in [4.69, 9.17) is 0 Å². The van der Waals surface area contributed by atoms with E-state index in [-0.39, 0.29) is 5.91 Å². The molecule has 0 aliphatic heterocycles. The maximum Gasteiger partial charge on any atom is 0.249 e. The summed E-state index contributed by atoms with van der Waals surface area (Å²) in [5, 5.41) is 12.9. The lowest BCUT2D eigenvalue weighted by atomic mass is 10.1. The number of amides is 1. The van der Waals surface area contributed by atoms with Crippen LogP contribution in [0.25, 0.3) is 0 Å². The molecule has 0 heterocycles. The molecule has 2 rings (SSSR count). The summed E-state index contributed by atoms with van der Waals surface area (Å²) in [7, 11) is 0. The topological polar surface area (TPSA) is 52.6 Å². The van der Waals surface area contributed by atoms with Gasteiger partial charge in [0.25, 0.3) is 0 Å². The first-order chi connectivity index (χ1) is 12.1. The lowest BCUT2D eigenvalue weighted by molar-refractivity contribution is -0.129. The summed E-state index contributed by atoms with van der Waals surface area (Å²) in [6.07, 6.45) is -0.699. The van der Waals surface area contributed by atoms with Crippen LogP contribution in [0, 0.1) is 0 Å². The molecule has 0 bridgehead atoms. The Morgan fingerprint density at radius 2 is 1.64 bits per heavy atom. The number of hydrogen-bond donors (Lipinski definition) is 2. The summed E-state index contributed by atoms with van der Waals surface area (Å²) in [5.74, 6) is -0.335. The Kier molecular flexibility index (Phi) is 7.64. The number of aliphatic hydroxyl groups excluding tert-OH is 1. The van der Waals surface area contributed by atoms with E-state index in [1.807, 2.05) is 42.5 Å². The Hall–Kier alpha value is -2.17. The van der Waals surface area contributed by atoms with Crippen molar-refractivity contribution in [3.05, 3.63) is 71.3 Å². The van der Waals surface area contributed by atoms with Crippen molar-refractivity contribution in [2.45, 2.75) is 39.5 Å². The third kappa shape index (κ3) is 6.33. The minimum atomic E-state index is -1.03. The number of carbonyl (C=O) groups excluding carboxylic acids is 1. The second-order valence-corrected chi connectivity index (χ2v) is 6.20. The van der Waals surface area contributed by atoms with Gasteiger partial charge in [-0.1, -0.05) is 68.4 Å². The second kappa shape index (κ2) is 9.97. The molecule has 2 aromatic carbocycles. The summed E-state index contributed by atoms with van der Waals surface area (Å²) in [5.41, 5.74) is 3.23. The van der Waals surface area contributed by atoms with Gasteiger partial charge in [0.05, 0.1) is 0 Å². The van der Waals surface area contributed by atoms with Crippen molar-refractivity contribution in [1.82, 2.24) is 10.2 Å². The summed E-state index contributed by atoms with van der Waals surface area (Å²) >= 11 is 0. The molecule has 4 nitrogen and oxygen atoms in total. The van der Waals surface area contributed by atoms with Gasteiger partial charge < -0.3 is 10.4 Å². The van der Waals surface area contributed by atoms with Crippen LogP contribution in [0.5, 0.6) is 0 Å². The fourth-order valence-corrected chi connectivity index (χ4v) is 2.78. The smallest absolute Gasteiger partial charge is 0.249 e. The van der Waals surface area contributed by atoms with E-state index >= 15 is 0 Å². The molecule has 0 aliphatic rings. The van der Waals surface area contributed by atoms with Crippen molar-refractivity contribution in [2.75, 3.05) is 13.1 Å².